The molecule has 3 N–H and O–H groups in total. The molecular weight excluding hydrogens is 230 g/mol. The highest BCUT2D eigenvalue weighted by Gasteiger charge is 2.09. The maximum atomic E-state index is 11.8. The van der Waals surface area contributed by atoms with Crippen molar-refractivity contribution in [2.75, 3.05) is 5.73 Å². The molecule has 0 unspecified atom stereocenters. The number of phenolic OH excluding ortho intramolecular Hbond substituents is 1. The molecule has 0 spiro atoms. The Morgan fingerprint density at radius 3 is 2.44 bits per heavy atom. The molecule has 92 valence electrons. The lowest BCUT2D eigenvalue weighted by molar-refractivity contribution is 0.0734. The van der Waals surface area contributed by atoms with E-state index in [0.29, 0.717) is 22.6 Å². The van der Waals surface area contributed by atoms with Crippen LogP contribution in [0.25, 0.3) is 0 Å². The Balaban J connectivity index is 2.16. The molecule has 0 aromatic heterocycles. The predicted octanol–water partition coefficient (Wildman–Crippen LogP) is 2.50. The zero-order valence-electron chi connectivity index (χ0n) is 9.88. The summed E-state index contributed by atoms with van der Waals surface area (Å²) < 4.78 is 5.19. The number of ether oxygens (including phenoxy) is 1. The van der Waals surface area contributed by atoms with Crippen molar-refractivity contribution in [3.05, 3.63) is 53.6 Å². The topological polar surface area (TPSA) is 72.5 Å². The maximum absolute atomic E-state index is 11.8. The molecule has 0 saturated heterocycles. The summed E-state index contributed by atoms with van der Waals surface area (Å²) in [5, 5.41) is 9.37. The average molecular weight is 243 g/mol. The number of aryl methyl sites for hydroxylation is 1. The van der Waals surface area contributed by atoms with Gasteiger partial charge in [-0.15, -0.1) is 0 Å². The first-order chi connectivity index (χ1) is 8.56. The summed E-state index contributed by atoms with van der Waals surface area (Å²) in [6.07, 6.45) is 0. The summed E-state index contributed by atoms with van der Waals surface area (Å²) in [6, 6.07) is 11.1. The molecule has 18 heavy (non-hydrogen) atoms. The number of hydrogen-bond acceptors (Lipinski definition) is 4. The van der Waals surface area contributed by atoms with Crippen molar-refractivity contribution >= 4 is 11.7 Å². The second kappa shape index (κ2) is 4.79. The molecule has 0 aliphatic heterocycles. The van der Waals surface area contributed by atoms with Crippen LogP contribution in [0.15, 0.2) is 42.5 Å². The summed E-state index contributed by atoms with van der Waals surface area (Å²) in [4.78, 5) is 11.8. The summed E-state index contributed by atoms with van der Waals surface area (Å²) in [6.45, 7) is 1.73. The van der Waals surface area contributed by atoms with E-state index in [1.165, 1.54) is 12.1 Å². The van der Waals surface area contributed by atoms with Gasteiger partial charge < -0.3 is 15.6 Å². The molecule has 4 heteroatoms. The van der Waals surface area contributed by atoms with Gasteiger partial charge >= 0.3 is 5.97 Å². The molecule has 2 aromatic rings. The van der Waals surface area contributed by atoms with Gasteiger partial charge in [-0.2, -0.15) is 0 Å². The lowest BCUT2D eigenvalue weighted by atomic mass is 10.2. The van der Waals surface area contributed by atoms with Crippen LogP contribution in [-0.4, -0.2) is 11.1 Å². The molecule has 0 fully saturated rings. The third kappa shape index (κ3) is 2.60. The standard InChI is InChI=1S/C14H13NO3/c1-9-8-12(6-7-13(9)16)18-14(17)10-2-4-11(15)5-3-10/h2-8,16H,15H2,1H3. The third-order valence-electron chi connectivity index (χ3n) is 2.53. The van der Waals surface area contributed by atoms with E-state index < -0.39 is 5.97 Å². The predicted molar refractivity (Wildman–Crippen MR) is 68.7 cm³/mol. The summed E-state index contributed by atoms with van der Waals surface area (Å²) >= 11 is 0. The minimum atomic E-state index is -0.458. The van der Waals surface area contributed by atoms with Crippen LogP contribution in [0.2, 0.25) is 0 Å². The molecule has 2 rings (SSSR count). The number of rotatable bonds is 2. The van der Waals surface area contributed by atoms with E-state index in [2.05, 4.69) is 0 Å². The lowest BCUT2D eigenvalue weighted by Crippen LogP contribution is -2.08. The monoisotopic (exact) mass is 243 g/mol. The van der Waals surface area contributed by atoms with E-state index in [1.54, 1.807) is 37.3 Å². The van der Waals surface area contributed by atoms with Gasteiger partial charge in [-0.3, -0.25) is 0 Å². The van der Waals surface area contributed by atoms with Crippen molar-refractivity contribution in [2.45, 2.75) is 6.92 Å². The third-order valence-corrected chi connectivity index (χ3v) is 2.53. The quantitative estimate of drug-likeness (QED) is 0.483. The average Bonchev–Trinajstić information content (AvgIpc) is 2.34. The van der Waals surface area contributed by atoms with E-state index in [4.69, 9.17) is 10.5 Å². The molecule has 0 heterocycles. The normalized spacial score (nSPS) is 10.1. The van der Waals surface area contributed by atoms with Crippen LogP contribution in [0.4, 0.5) is 5.69 Å². The Kier molecular flexibility index (Phi) is 3.19. The first kappa shape index (κ1) is 12.0. The number of carbonyl (C=O) groups is 1. The lowest BCUT2D eigenvalue weighted by Gasteiger charge is -2.06. The van der Waals surface area contributed by atoms with Crippen molar-refractivity contribution in [1.82, 2.24) is 0 Å². The number of esters is 1. The second-order valence-corrected chi connectivity index (χ2v) is 3.96. The van der Waals surface area contributed by atoms with Crippen LogP contribution in [0, 0.1) is 6.92 Å². The van der Waals surface area contributed by atoms with Gasteiger partial charge in [0.25, 0.3) is 0 Å². The Morgan fingerprint density at radius 2 is 1.83 bits per heavy atom. The number of nitrogen functional groups attached to an aromatic ring is 1. The second-order valence-electron chi connectivity index (χ2n) is 3.96. The van der Waals surface area contributed by atoms with Gasteiger partial charge in [0.15, 0.2) is 0 Å². The van der Waals surface area contributed by atoms with Crippen molar-refractivity contribution in [3.8, 4) is 11.5 Å². The molecular formula is C14H13NO3. The molecule has 0 aliphatic rings. The zero-order valence-corrected chi connectivity index (χ0v) is 9.88. The van der Waals surface area contributed by atoms with E-state index in [-0.39, 0.29) is 5.75 Å². The van der Waals surface area contributed by atoms with Crippen molar-refractivity contribution < 1.29 is 14.6 Å². The van der Waals surface area contributed by atoms with Crippen LogP contribution >= 0.6 is 0 Å². The van der Waals surface area contributed by atoms with Crippen LogP contribution in [-0.2, 0) is 0 Å². The minimum Gasteiger partial charge on any atom is -0.508 e. The Labute approximate surface area is 105 Å². The largest absolute Gasteiger partial charge is 0.508 e. The van der Waals surface area contributed by atoms with E-state index in [1.807, 2.05) is 0 Å². The number of phenols is 1. The molecule has 0 aliphatic carbocycles. The summed E-state index contributed by atoms with van der Waals surface area (Å²) in [5.74, 6) is 0.106. The van der Waals surface area contributed by atoms with Gasteiger partial charge in [0, 0.05) is 5.69 Å². The highest BCUT2D eigenvalue weighted by molar-refractivity contribution is 5.91. The van der Waals surface area contributed by atoms with Crippen molar-refractivity contribution in [3.63, 3.8) is 0 Å². The maximum Gasteiger partial charge on any atom is 0.343 e. The number of hydrogen-bond donors (Lipinski definition) is 2. The van der Waals surface area contributed by atoms with Crippen LogP contribution in [0.1, 0.15) is 15.9 Å². The SMILES string of the molecule is Cc1cc(OC(=O)c2ccc(N)cc2)ccc1O. The summed E-state index contributed by atoms with van der Waals surface area (Å²) in [5.41, 5.74) is 7.20. The molecule has 0 amide bonds. The van der Waals surface area contributed by atoms with Crippen LogP contribution in [0.3, 0.4) is 0 Å². The molecule has 4 nitrogen and oxygen atoms in total. The van der Waals surface area contributed by atoms with Gasteiger partial charge in [0.05, 0.1) is 5.56 Å². The van der Waals surface area contributed by atoms with E-state index in [0.717, 1.165) is 0 Å². The highest BCUT2D eigenvalue weighted by Crippen LogP contribution is 2.22. The Morgan fingerprint density at radius 1 is 1.17 bits per heavy atom. The number of anilines is 1. The fraction of sp³-hybridized carbons (Fsp3) is 0.0714. The van der Waals surface area contributed by atoms with Gasteiger partial charge in [-0.05, 0) is 55.0 Å². The zero-order chi connectivity index (χ0) is 13.1. The molecule has 2 aromatic carbocycles. The molecule has 0 saturated carbocycles. The first-order valence-corrected chi connectivity index (χ1v) is 5.43. The fourth-order valence-electron chi connectivity index (χ4n) is 1.48. The number of aromatic hydroxyl groups is 1. The first-order valence-electron chi connectivity index (χ1n) is 5.43. The fourth-order valence-corrected chi connectivity index (χ4v) is 1.48. The van der Waals surface area contributed by atoms with Crippen molar-refractivity contribution in [2.24, 2.45) is 0 Å². The Bertz CT molecular complexity index is 576. The van der Waals surface area contributed by atoms with E-state index >= 15 is 0 Å². The van der Waals surface area contributed by atoms with Gasteiger partial charge in [-0.1, -0.05) is 0 Å². The van der Waals surface area contributed by atoms with E-state index in [9.17, 15) is 9.90 Å². The molecule has 0 bridgehead atoms. The smallest absolute Gasteiger partial charge is 0.343 e. The number of benzene rings is 2. The van der Waals surface area contributed by atoms with Gasteiger partial charge in [-0.25, -0.2) is 4.79 Å². The molecule has 0 radical (unpaired) electrons. The van der Waals surface area contributed by atoms with Gasteiger partial charge in [0.2, 0.25) is 0 Å². The highest BCUT2D eigenvalue weighted by atomic mass is 16.5. The molecule has 0 atom stereocenters. The van der Waals surface area contributed by atoms with Crippen LogP contribution in [0.5, 0.6) is 11.5 Å². The van der Waals surface area contributed by atoms with Gasteiger partial charge in [0.1, 0.15) is 11.5 Å². The van der Waals surface area contributed by atoms with Crippen molar-refractivity contribution in [1.29, 1.82) is 0 Å². The van der Waals surface area contributed by atoms with Crippen LogP contribution < -0.4 is 10.5 Å². The minimum absolute atomic E-state index is 0.169. The Hall–Kier alpha value is -2.49. The number of nitrogens with two attached hydrogens (primary N) is 1. The summed E-state index contributed by atoms with van der Waals surface area (Å²) in [7, 11) is 0. The number of carbonyl (C=O) groups excluding carboxylic acids is 1.